The molecule has 0 unspecified atom stereocenters. The van der Waals surface area contributed by atoms with Crippen molar-refractivity contribution in [2.45, 2.75) is 0 Å². The van der Waals surface area contributed by atoms with E-state index in [-0.39, 0.29) is 0 Å². The van der Waals surface area contributed by atoms with Crippen molar-refractivity contribution in [2.24, 2.45) is 0 Å². The molecule has 266 valence electrons. The van der Waals surface area contributed by atoms with Crippen LogP contribution in [0.15, 0.2) is 186 Å². The lowest BCUT2D eigenvalue weighted by Crippen LogP contribution is -2.02. The zero-order valence-electron chi connectivity index (χ0n) is 30.4. The summed E-state index contributed by atoms with van der Waals surface area (Å²) in [5.74, 6) is 1.80. The van der Waals surface area contributed by atoms with Crippen LogP contribution in [0.4, 0.5) is 0 Å². The Morgan fingerprint density at radius 3 is 1.77 bits per heavy atom. The predicted molar refractivity (Wildman–Crippen MR) is 236 cm³/mol. The molecule has 4 heterocycles. The summed E-state index contributed by atoms with van der Waals surface area (Å²) in [6, 6.07) is 63.9. The minimum absolute atomic E-state index is 0.592. The Labute approximate surface area is 330 Å². The van der Waals surface area contributed by atoms with E-state index in [1.807, 2.05) is 30.3 Å². The zero-order chi connectivity index (χ0) is 37.5. The summed E-state index contributed by atoms with van der Waals surface area (Å²) in [5.41, 5.74) is 9.93. The van der Waals surface area contributed by atoms with Gasteiger partial charge in [0.25, 0.3) is 0 Å². The number of thiophene rings is 1. The van der Waals surface area contributed by atoms with Gasteiger partial charge in [-0.05, 0) is 48.0 Å². The average Bonchev–Trinajstić information content (AvgIpc) is 3.96. The second-order valence-electron chi connectivity index (χ2n) is 14.4. The minimum atomic E-state index is 0.592. The van der Waals surface area contributed by atoms with Crippen LogP contribution in [0.2, 0.25) is 0 Å². The molecule has 0 fully saturated rings. The van der Waals surface area contributed by atoms with E-state index in [1.165, 1.54) is 30.9 Å². The van der Waals surface area contributed by atoms with Gasteiger partial charge in [0.1, 0.15) is 11.2 Å². The van der Waals surface area contributed by atoms with Gasteiger partial charge >= 0.3 is 0 Å². The quantitative estimate of drug-likeness (QED) is 0.176. The van der Waals surface area contributed by atoms with Crippen molar-refractivity contribution in [1.29, 1.82) is 0 Å². The second-order valence-corrected chi connectivity index (χ2v) is 15.4. The van der Waals surface area contributed by atoms with Crippen molar-refractivity contribution in [3.63, 3.8) is 0 Å². The van der Waals surface area contributed by atoms with Gasteiger partial charge in [-0.3, -0.25) is 0 Å². The van der Waals surface area contributed by atoms with Gasteiger partial charge in [0.05, 0.1) is 16.7 Å². The summed E-state index contributed by atoms with van der Waals surface area (Å²) in [6.45, 7) is 0. The van der Waals surface area contributed by atoms with Crippen LogP contribution in [0.1, 0.15) is 0 Å². The van der Waals surface area contributed by atoms with E-state index in [2.05, 4.69) is 156 Å². The third-order valence-corrected chi connectivity index (χ3v) is 12.2. The number of rotatable bonds is 5. The van der Waals surface area contributed by atoms with Crippen molar-refractivity contribution in [3.8, 4) is 51.0 Å². The van der Waals surface area contributed by atoms with E-state index in [4.69, 9.17) is 19.4 Å². The maximum Gasteiger partial charge on any atom is 0.164 e. The zero-order valence-corrected chi connectivity index (χ0v) is 31.2. The van der Waals surface area contributed by atoms with E-state index in [0.717, 1.165) is 66.5 Å². The van der Waals surface area contributed by atoms with Gasteiger partial charge in [-0.1, -0.05) is 140 Å². The van der Waals surface area contributed by atoms with E-state index in [1.54, 1.807) is 11.3 Å². The average molecular weight is 747 g/mol. The highest BCUT2D eigenvalue weighted by atomic mass is 32.1. The van der Waals surface area contributed by atoms with Crippen molar-refractivity contribution >= 4 is 75.3 Å². The minimum Gasteiger partial charge on any atom is -0.456 e. The molecule has 0 atom stereocenters. The lowest BCUT2D eigenvalue weighted by Gasteiger charge is -2.16. The molecule has 0 aliphatic heterocycles. The number of aromatic nitrogens is 4. The number of benzene rings is 8. The Hall–Kier alpha value is -7.41. The normalized spacial score (nSPS) is 11.9. The largest absolute Gasteiger partial charge is 0.456 e. The molecule has 0 saturated carbocycles. The van der Waals surface area contributed by atoms with Gasteiger partial charge in [-0.15, -0.1) is 11.3 Å². The molecule has 0 spiro atoms. The summed E-state index contributed by atoms with van der Waals surface area (Å²) in [7, 11) is 0. The van der Waals surface area contributed by atoms with Crippen molar-refractivity contribution in [1.82, 2.24) is 19.5 Å². The summed E-state index contributed by atoms with van der Waals surface area (Å²) in [5, 5.41) is 6.92. The fraction of sp³-hybridized carbons (Fsp3) is 0. The third-order valence-electron chi connectivity index (χ3n) is 11.1. The van der Waals surface area contributed by atoms with E-state index >= 15 is 0 Å². The molecular weight excluding hydrogens is 717 g/mol. The molecule has 6 heteroatoms. The monoisotopic (exact) mass is 746 g/mol. The molecule has 0 saturated heterocycles. The van der Waals surface area contributed by atoms with Crippen LogP contribution in [0, 0.1) is 0 Å². The third kappa shape index (κ3) is 5.04. The number of para-hydroxylation sites is 3. The van der Waals surface area contributed by atoms with Crippen LogP contribution in [-0.2, 0) is 0 Å². The SMILES string of the molecule is c1ccc(-c2ccc(-c3nc(-c4ccc5c(c4)sc4ccccc45)nc(-c4cccc5oc6ccccc6c45)n3)cc2-n2c3ccccc3c3ccccc32)cc1. The highest BCUT2D eigenvalue weighted by Crippen LogP contribution is 2.41. The summed E-state index contributed by atoms with van der Waals surface area (Å²) < 4.78 is 11.2. The number of hydrogen-bond donors (Lipinski definition) is 0. The van der Waals surface area contributed by atoms with E-state index in [0.29, 0.717) is 17.5 Å². The standard InChI is InChI=1S/C51H30N4OS/c1-2-13-31(14-3-1)34-27-25-32(29-43(34)55-41-20-8-4-15-35(41)36-16-5-9-21-42(36)55)49-52-50(33-26-28-38-37-17-7-11-24-46(37)57-47(38)30-33)54-51(53-49)40-19-12-23-45-48(40)39-18-6-10-22-44(39)56-45/h1-30H. The van der Waals surface area contributed by atoms with Crippen LogP contribution in [0.3, 0.4) is 0 Å². The van der Waals surface area contributed by atoms with Gasteiger partial charge < -0.3 is 8.98 Å². The Bertz CT molecular complexity index is 3490. The molecule has 12 rings (SSSR count). The second kappa shape index (κ2) is 12.6. The number of nitrogens with zero attached hydrogens (tertiary/aromatic N) is 4. The van der Waals surface area contributed by atoms with Gasteiger partial charge in [-0.25, -0.2) is 15.0 Å². The molecule has 5 nitrogen and oxygen atoms in total. The molecule has 12 aromatic rings. The first-order valence-electron chi connectivity index (χ1n) is 19.0. The van der Waals surface area contributed by atoms with E-state index < -0.39 is 0 Å². The summed E-state index contributed by atoms with van der Waals surface area (Å²) in [4.78, 5) is 15.9. The molecule has 0 N–H and O–H groups in total. The molecule has 0 aliphatic rings. The molecule has 0 aliphatic carbocycles. The Morgan fingerprint density at radius 1 is 0.386 bits per heavy atom. The molecule has 4 aromatic heterocycles. The fourth-order valence-electron chi connectivity index (χ4n) is 8.48. The predicted octanol–water partition coefficient (Wildman–Crippen LogP) is 13.9. The van der Waals surface area contributed by atoms with Crippen molar-refractivity contribution in [3.05, 3.63) is 182 Å². The highest BCUT2D eigenvalue weighted by molar-refractivity contribution is 7.25. The van der Waals surface area contributed by atoms with Crippen LogP contribution in [0.5, 0.6) is 0 Å². The first-order chi connectivity index (χ1) is 28.2. The fourth-order valence-corrected chi connectivity index (χ4v) is 9.63. The van der Waals surface area contributed by atoms with Gasteiger partial charge in [0.2, 0.25) is 0 Å². The lowest BCUT2D eigenvalue weighted by molar-refractivity contribution is 0.669. The van der Waals surface area contributed by atoms with Crippen LogP contribution in [0.25, 0.3) is 115 Å². The molecule has 0 bridgehead atoms. The highest BCUT2D eigenvalue weighted by Gasteiger charge is 2.21. The van der Waals surface area contributed by atoms with Crippen LogP contribution < -0.4 is 0 Å². The van der Waals surface area contributed by atoms with Crippen molar-refractivity contribution in [2.75, 3.05) is 0 Å². The Morgan fingerprint density at radius 2 is 0.982 bits per heavy atom. The van der Waals surface area contributed by atoms with Crippen molar-refractivity contribution < 1.29 is 4.42 Å². The maximum atomic E-state index is 6.33. The molecular formula is C51H30N4OS. The van der Waals surface area contributed by atoms with Crippen LogP contribution in [-0.4, -0.2) is 19.5 Å². The number of fused-ring (bicyclic) bond motifs is 9. The lowest BCUT2D eigenvalue weighted by atomic mass is 10.0. The summed E-state index contributed by atoms with van der Waals surface area (Å²) >= 11 is 1.79. The maximum absolute atomic E-state index is 6.33. The van der Waals surface area contributed by atoms with Gasteiger partial charge in [0.15, 0.2) is 17.5 Å². The van der Waals surface area contributed by atoms with E-state index in [9.17, 15) is 0 Å². The number of furan rings is 1. The first kappa shape index (κ1) is 31.9. The Kier molecular flexibility index (Phi) is 7.03. The molecule has 0 amide bonds. The summed E-state index contributed by atoms with van der Waals surface area (Å²) in [6.07, 6.45) is 0. The van der Waals surface area contributed by atoms with Crippen LogP contribution >= 0.6 is 11.3 Å². The number of hydrogen-bond acceptors (Lipinski definition) is 5. The Balaban J connectivity index is 1.13. The topological polar surface area (TPSA) is 56.7 Å². The molecule has 57 heavy (non-hydrogen) atoms. The molecule has 0 radical (unpaired) electrons. The van der Waals surface area contributed by atoms with Gasteiger partial charge in [0, 0.05) is 64.0 Å². The van der Waals surface area contributed by atoms with Gasteiger partial charge in [-0.2, -0.15) is 0 Å². The smallest absolute Gasteiger partial charge is 0.164 e. The molecule has 8 aromatic carbocycles. The first-order valence-corrected chi connectivity index (χ1v) is 19.8.